The minimum Gasteiger partial charge on any atom is -0.395 e. The topological polar surface area (TPSA) is 40.5 Å². The predicted octanol–water partition coefficient (Wildman–Crippen LogP) is 2.55. The average molecular weight is 279 g/mol. The van der Waals surface area contributed by atoms with Gasteiger partial charge >= 0.3 is 0 Å². The van der Waals surface area contributed by atoms with E-state index in [4.69, 9.17) is 5.11 Å². The Morgan fingerprint density at radius 3 is 2.47 bits per heavy atom. The van der Waals surface area contributed by atoms with Gasteiger partial charge in [-0.2, -0.15) is 0 Å². The number of hydrogen-bond donors (Lipinski definition) is 1. The van der Waals surface area contributed by atoms with Gasteiger partial charge in [-0.1, -0.05) is 45.0 Å². The minimum absolute atomic E-state index is 0.0167. The summed E-state index contributed by atoms with van der Waals surface area (Å²) < 4.78 is 0. The van der Waals surface area contributed by atoms with E-state index in [1.54, 1.807) is 16.7 Å². The monoisotopic (exact) mass is 279 g/mol. The zero-order chi connectivity index (χ0) is 14.0. The number of β-amino-alcohol motifs (C(OH)–C–C–N with tert-alkyl or cyclic N) is 1. The highest BCUT2D eigenvalue weighted by Crippen LogP contribution is 2.38. The molecule has 0 aliphatic carbocycles. The van der Waals surface area contributed by atoms with Crippen LogP contribution in [0.2, 0.25) is 0 Å². The highest BCUT2D eigenvalue weighted by atomic mass is 32.2. The Hall–Kier alpha value is -1.00. The lowest BCUT2D eigenvalue weighted by Crippen LogP contribution is -2.30. The Balaban J connectivity index is 2.20. The fourth-order valence-electron chi connectivity index (χ4n) is 2.23. The van der Waals surface area contributed by atoms with E-state index >= 15 is 0 Å². The molecular formula is C15H21NO2S. The minimum atomic E-state index is 0.0167. The van der Waals surface area contributed by atoms with Crippen molar-refractivity contribution in [1.82, 2.24) is 4.90 Å². The number of aliphatic hydroxyl groups excluding tert-OH is 1. The van der Waals surface area contributed by atoms with Gasteiger partial charge in [0, 0.05) is 6.54 Å². The standard InChI is InChI=1S/C15H21NO2S/c1-15(2,3)12-6-4-11(5-7-12)14-16(8-9-17)13(18)10-19-14/h4-7,14,17H,8-10H2,1-3H3/t14-/m1/s1. The van der Waals surface area contributed by atoms with E-state index < -0.39 is 0 Å². The van der Waals surface area contributed by atoms with Crippen molar-refractivity contribution in [2.75, 3.05) is 18.9 Å². The molecule has 0 aromatic heterocycles. The quantitative estimate of drug-likeness (QED) is 0.924. The smallest absolute Gasteiger partial charge is 0.233 e. The molecule has 2 rings (SSSR count). The molecule has 104 valence electrons. The third-order valence-corrected chi connectivity index (χ3v) is 4.63. The van der Waals surface area contributed by atoms with Gasteiger partial charge < -0.3 is 10.0 Å². The van der Waals surface area contributed by atoms with E-state index in [1.165, 1.54) is 5.56 Å². The van der Waals surface area contributed by atoms with Crippen molar-refractivity contribution in [3.63, 3.8) is 0 Å². The first-order valence-electron chi connectivity index (χ1n) is 6.56. The van der Waals surface area contributed by atoms with Gasteiger partial charge in [0.15, 0.2) is 0 Å². The van der Waals surface area contributed by atoms with Crippen molar-refractivity contribution in [1.29, 1.82) is 0 Å². The number of amides is 1. The molecule has 0 saturated carbocycles. The van der Waals surface area contributed by atoms with E-state index in [-0.39, 0.29) is 23.3 Å². The van der Waals surface area contributed by atoms with Gasteiger partial charge in [-0.3, -0.25) is 4.79 Å². The molecule has 1 atom stereocenters. The molecule has 1 heterocycles. The fraction of sp³-hybridized carbons (Fsp3) is 0.533. The summed E-state index contributed by atoms with van der Waals surface area (Å²) in [5.41, 5.74) is 2.57. The summed E-state index contributed by atoms with van der Waals surface area (Å²) in [6.07, 6.45) is 0. The maximum Gasteiger partial charge on any atom is 0.233 e. The fourth-order valence-corrected chi connectivity index (χ4v) is 3.45. The Morgan fingerprint density at radius 1 is 1.32 bits per heavy atom. The SMILES string of the molecule is CC(C)(C)c1ccc([C@H]2SCC(=O)N2CCO)cc1. The molecule has 1 saturated heterocycles. The lowest BCUT2D eigenvalue weighted by Gasteiger charge is -2.24. The number of benzene rings is 1. The molecule has 19 heavy (non-hydrogen) atoms. The first-order valence-corrected chi connectivity index (χ1v) is 7.61. The number of thioether (sulfide) groups is 1. The summed E-state index contributed by atoms with van der Waals surface area (Å²) in [7, 11) is 0. The molecule has 0 unspecified atom stereocenters. The molecule has 0 radical (unpaired) electrons. The average Bonchev–Trinajstić information content (AvgIpc) is 2.71. The molecule has 1 fully saturated rings. The van der Waals surface area contributed by atoms with Crippen LogP contribution in [0.1, 0.15) is 37.3 Å². The second-order valence-corrected chi connectivity index (χ2v) is 6.91. The molecule has 1 aliphatic heterocycles. The van der Waals surface area contributed by atoms with Gasteiger partial charge in [-0.15, -0.1) is 11.8 Å². The van der Waals surface area contributed by atoms with Crippen LogP contribution in [0.15, 0.2) is 24.3 Å². The first-order chi connectivity index (χ1) is 8.93. The lowest BCUT2D eigenvalue weighted by atomic mass is 9.87. The van der Waals surface area contributed by atoms with Crippen molar-refractivity contribution in [2.24, 2.45) is 0 Å². The zero-order valence-corrected chi connectivity index (χ0v) is 12.5. The third-order valence-electron chi connectivity index (χ3n) is 3.37. The maximum absolute atomic E-state index is 11.8. The molecule has 1 aromatic rings. The van der Waals surface area contributed by atoms with Crippen LogP contribution in [0.4, 0.5) is 0 Å². The Labute approximate surface area is 119 Å². The zero-order valence-electron chi connectivity index (χ0n) is 11.7. The third kappa shape index (κ3) is 3.12. The summed E-state index contributed by atoms with van der Waals surface area (Å²) in [4.78, 5) is 13.5. The number of carbonyl (C=O) groups excluding carboxylic acids is 1. The number of rotatable bonds is 3. The Morgan fingerprint density at radius 2 is 1.95 bits per heavy atom. The summed E-state index contributed by atoms with van der Waals surface area (Å²) in [6.45, 7) is 7.00. The number of nitrogens with zero attached hydrogens (tertiary/aromatic N) is 1. The van der Waals surface area contributed by atoms with E-state index in [9.17, 15) is 4.79 Å². The first kappa shape index (κ1) is 14.4. The van der Waals surface area contributed by atoms with Gasteiger partial charge in [-0.05, 0) is 16.5 Å². The number of carbonyl (C=O) groups is 1. The Kier molecular flexibility index (Phi) is 4.21. The summed E-state index contributed by atoms with van der Waals surface area (Å²) in [5.74, 6) is 0.620. The number of hydrogen-bond acceptors (Lipinski definition) is 3. The molecular weight excluding hydrogens is 258 g/mol. The van der Waals surface area contributed by atoms with Crippen molar-refractivity contribution in [2.45, 2.75) is 31.6 Å². The molecule has 1 amide bonds. The molecule has 1 N–H and O–H groups in total. The van der Waals surface area contributed by atoms with E-state index in [1.807, 2.05) is 0 Å². The predicted molar refractivity (Wildman–Crippen MR) is 79.1 cm³/mol. The highest BCUT2D eigenvalue weighted by molar-refractivity contribution is 8.00. The highest BCUT2D eigenvalue weighted by Gasteiger charge is 2.32. The maximum atomic E-state index is 11.8. The molecule has 0 spiro atoms. The van der Waals surface area contributed by atoms with Gasteiger partial charge in [-0.25, -0.2) is 0 Å². The van der Waals surface area contributed by atoms with Gasteiger partial charge in [0.2, 0.25) is 5.91 Å². The van der Waals surface area contributed by atoms with Crippen LogP contribution in [-0.4, -0.2) is 34.8 Å². The van der Waals surface area contributed by atoms with Crippen molar-refractivity contribution in [3.05, 3.63) is 35.4 Å². The van der Waals surface area contributed by atoms with Gasteiger partial charge in [0.1, 0.15) is 5.37 Å². The van der Waals surface area contributed by atoms with E-state index in [0.29, 0.717) is 12.3 Å². The van der Waals surface area contributed by atoms with Gasteiger partial charge in [0.25, 0.3) is 0 Å². The number of aliphatic hydroxyl groups is 1. The second-order valence-electron chi connectivity index (χ2n) is 5.85. The van der Waals surface area contributed by atoms with Crippen LogP contribution in [0, 0.1) is 0 Å². The second kappa shape index (κ2) is 5.55. The van der Waals surface area contributed by atoms with Crippen LogP contribution in [-0.2, 0) is 10.2 Å². The normalized spacial score (nSPS) is 20.1. The molecule has 1 aromatic carbocycles. The summed E-state index contributed by atoms with van der Waals surface area (Å²) in [6, 6.07) is 8.47. The molecule has 1 aliphatic rings. The van der Waals surface area contributed by atoms with Crippen LogP contribution < -0.4 is 0 Å². The van der Waals surface area contributed by atoms with Crippen LogP contribution in [0.5, 0.6) is 0 Å². The van der Waals surface area contributed by atoms with Crippen molar-refractivity contribution in [3.8, 4) is 0 Å². The molecule has 4 heteroatoms. The molecule has 3 nitrogen and oxygen atoms in total. The summed E-state index contributed by atoms with van der Waals surface area (Å²) >= 11 is 1.63. The van der Waals surface area contributed by atoms with Crippen LogP contribution in [0.25, 0.3) is 0 Å². The van der Waals surface area contributed by atoms with Crippen LogP contribution >= 0.6 is 11.8 Å². The van der Waals surface area contributed by atoms with Crippen LogP contribution in [0.3, 0.4) is 0 Å². The van der Waals surface area contributed by atoms with Gasteiger partial charge in [0.05, 0.1) is 12.4 Å². The van der Waals surface area contributed by atoms with Crippen molar-refractivity contribution < 1.29 is 9.90 Å². The Bertz CT molecular complexity index is 450. The van der Waals surface area contributed by atoms with Crippen molar-refractivity contribution >= 4 is 17.7 Å². The molecule has 0 bridgehead atoms. The van der Waals surface area contributed by atoms with E-state index in [0.717, 1.165) is 5.56 Å². The largest absolute Gasteiger partial charge is 0.395 e. The lowest BCUT2D eigenvalue weighted by molar-refractivity contribution is -0.128. The summed E-state index contributed by atoms with van der Waals surface area (Å²) in [5, 5.41) is 9.11. The van der Waals surface area contributed by atoms with E-state index in [2.05, 4.69) is 45.0 Å².